The van der Waals surface area contributed by atoms with Crippen LogP contribution in [0.15, 0.2) is 30.3 Å². The first kappa shape index (κ1) is 13.6. The van der Waals surface area contributed by atoms with Crippen LogP contribution in [0.2, 0.25) is 0 Å². The summed E-state index contributed by atoms with van der Waals surface area (Å²) in [6.07, 6.45) is 3.53. The van der Waals surface area contributed by atoms with E-state index in [1.165, 1.54) is 18.4 Å². The molecule has 3 N–H and O–H groups in total. The van der Waals surface area contributed by atoms with Crippen molar-refractivity contribution in [2.45, 2.75) is 44.6 Å². The summed E-state index contributed by atoms with van der Waals surface area (Å²) in [4.78, 5) is 0. The van der Waals surface area contributed by atoms with Crippen molar-refractivity contribution in [2.75, 3.05) is 13.2 Å². The molecular weight excluding hydrogens is 222 g/mol. The van der Waals surface area contributed by atoms with Gasteiger partial charge in [-0.05, 0) is 44.1 Å². The lowest BCUT2D eigenvalue weighted by Crippen LogP contribution is -2.51. The first-order valence-electron chi connectivity index (χ1n) is 7.10. The summed E-state index contributed by atoms with van der Waals surface area (Å²) < 4.78 is 5.84. The monoisotopic (exact) mass is 248 g/mol. The predicted molar refractivity (Wildman–Crippen MR) is 74.3 cm³/mol. The van der Waals surface area contributed by atoms with Gasteiger partial charge >= 0.3 is 0 Å². The fourth-order valence-corrected chi connectivity index (χ4v) is 3.22. The Bertz CT molecular complexity index is 361. The van der Waals surface area contributed by atoms with Crippen LogP contribution in [0, 0.1) is 5.92 Å². The molecule has 2 heteroatoms. The molecule has 1 heterocycles. The van der Waals surface area contributed by atoms with E-state index in [-0.39, 0.29) is 5.60 Å². The molecule has 2 nitrogen and oxygen atoms in total. The molecule has 18 heavy (non-hydrogen) atoms. The van der Waals surface area contributed by atoms with Crippen molar-refractivity contribution in [3.05, 3.63) is 35.9 Å². The van der Waals surface area contributed by atoms with E-state index in [0.29, 0.717) is 5.92 Å². The standard InChI is InChI=1S/C16H25NO/c1-16(2)12-14(9-11-18-16)15(8-10-17)13-6-4-3-5-7-13/h3-7,14-15H,8-12,17H2,1-2H3/p+1/t14-,15-/m0/s1. The summed E-state index contributed by atoms with van der Waals surface area (Å²) in [5.74, 6) is 1.38. The fourth-order valence-electron chi connectivity index (χ4n) is 3.22. The van der Waals surface area contributed by atoms with Crippen molar-refractivity contribution in [3.8, 4) is 0 Å². The van der Waals surface area contributed by atoms with Gasteiger partial charge in [-0.2, -0.15) is 0 Å². The van der Waals surface area contributed by atoms with Crippen LogP contribution in [0.5, 0.6) is 0 Å². The molecule has 1 saturated heterocycles. The Balaban J connectivity index is 2.15. The minimum Gasteiger partial charge on any atom is -0.376 e. The van der Waals surface area contributed by atoms with Crippen molar-refractivity contribution >= 4 is 0 Å². The lowest BCUT2D eigenvalue weighted by atomic mass is 9.75. The molecule has 1 aliphatic rings. The Morgan fingerprint density at radius 3 is 2.67 bits per heavy atom. The lowest BCUT2D eigenvalue weighted by molar-refractivity contribution is -0.369. The largest absolute Gasteiger partial charge is 0.376 e. The second-order valence-electron chi connectivity index (χ2n) is 6.02. The van der Waals surface area contributed by atoms with Crippen LogP contribution in [0.1, 0.15) is 44.6 Å². The molecule has 1 aromatic carbocycles. The maximum Gasteiger partial charge on any atom is 0.0745 e. The third kappa shape index (κ3) is 3.33. The third-order valence-electron chi connectivity index (χ3n) is 4.05. The highest BCUT2D eigenvalue weighted by Gasteiger charge is 2.33. The summed E-state index contributed by atoms with van der Waals surface area (Å²) in [7, 11) is 0. The molecule has 2 rings (SSSR count). The minimum absolute atomic E-state index is 0.0388. The van der Waals surface area contributed by atoms with Gasteiger partial charge in [-0.25, -0.2) is 0 Å². The zero-order valence-electron chi connectivity index (χ0n) is 11.7. The highest BCUT2D eigenvalue weighted by atomic mass is 16.5. The molecule has 0 aromatic heterocycles. The highest BCUT2D eigenvalue weighted by molar-refractivity contribution is 5.20. The summed E-state index contributed by atoms with van der Waals surface area (Å²) in [5, 5.41) is 0. The average molecular weight is 248 g/mol. The van der Waals surface area contributed by atoms with Crippen molar-refractivity contribution in [3.63, 3.8) is 0 Å². The van der Waals surface area contributed by atoms with Crippen LogP contribution in [0.4, 0.5) is 0 Å². The van der Waals surface area contributed by atoms with Crippen molar-refractivity contribution in [1.29, 1.82) is 0 Å². The van der Waals surface area contributed by atoms with Crippen molar-refractivity contribution in [1.82, 2.24) is 0 Å². The molecule has 0 unspecified atom stereocenters. The van der Waals surface area contributed by atoms with Gasteiger partial charge in [-0.15, -0.1) is 0 Å². The van der Waals surface area contributed by atoms with Gasteiger partial charge < -0.3 is 10.5 Å². The number of ether oxygens (including phenoxy) is 1. The molecule has 0 saturated carbocycles. The van der Waals surface area contributed by atoms with Gasteiger partial charge in [0.2, 0.25) is 0 Å². The van der Waals surface area contributed by atoms with E-state index in [1.54, 1.807) is 0 Å². The quantitative estimate of drug-likeness (QED) is 0.873. The number of quaternary nitrogens is 1. The van der Waals surface area contributed by atoms with E-state index >= 15 is 0 Å². The summed E-state index contributed by atoms with van der Waals surface area (Å²) >= 11 is 0. The van der Waals surface area contributed by atoms with E-state index in [9.17, 15) is 0 Å². The van der Waals surface area contributed by atoms with Crippen LogP contribution >= 0.6 is 0 Å². The Labute approximate surface area is 111 Å². The number of hydrogen-bond acceptors (Lipinski definition) is 1. The van der Waals surface area contributed by atoms with Gasteiger partial charge in [0.15, 0.2) is 0 Å². The summed E-state index contributed by atoms with van der Waals surface area (Å²) in [6.45, 7) is 6.34. The topological polar surface area (TPSA) is 36.9 Å². The molecule has 0 amide bonds. The second kappa shape index (κ2) is 5.85. The molecule has 1 aromatic rings. The molecule has 0 radical (unpaired) electrons. The summed E-state index contributed by atoms with van der Waals surface area (Å²) in [5.41, 5.74) is 5.57. The first-order chi connectivity index (χ1) is 8.62. The zero-order valence-corrected chi connectivity index (χ0v) is 11.7. The molecule has 1 fully saturated rings. The first-order valence-corrected chi connectivity index (χ1v) is 7.10. The van der Waals surface area contributed by atoms with Gasteiger partial charge in [0.1, 0.15) is 0 Å². The highest BCUT2D eigenvalue weighted by Crippen LogP contribution is 2.39. The number of hydrogen-bond donors (Lipinski definition) is 1. The molecule has 0 spiro atoms. The molecule has 0 bridgehead atoms. The minimum atomic E-state index is 0.0388. The molecule has 1 aliphatic heterocycles. The molecule has 100 valence electrons. The van der Waals surface area contributed by atoms with Gasteiger partial charge in [-0.3, -0.25) is 0 Å². The van der Waals surface area contributed by atoms with Crippen LogP contribution in [-0.4, -0.2) is 18.8 Å². The average Bonchev–Trinajstić information content (AvgIpc) is 2.36. The molecule has 2 atom stereocenters. The Kier molecular flexibility index (Phi) is 4.41. The Morgan fingerprint density at radius 1 is 1.33 bits per heavy atom. The second-order valence-corrected chi connectivity index (χ2v) is 6.02. The van der Waals surface area contributed by atoms with Crippen LogP contribution in [0.25, 0.3) is 0 Å². The van der Waals surface area contributed by atoms with Crippen molar-refractivity contribution < 1.29 is 10.5 Å². The third-order valence-corrected chi connectivity index (χ3v) is 4.05. The normalized spacial score (nSPS) is 24.7. The van der Waals surface area contributed by atoms with Crippen molar-refractivity contribution in [2.24, 2.45) is 5.92 Å². The van der Waals surface area contributed by atoms with Crippen LogP contribution < -0.4 is 5.73 Å². The molecular formula is C16H26NO+. The van der Waals surface area contributed by atoms with Gasteiger partial charge in [-0.1, -0.05) is 30.3 Å². The lowest BCUT2D eigenvalue weighted by Gasteiger charge is -2.39. The summed E-state index contributed by atoms with van der Waals surface area (Å²) in [6, 6.07) is 10.9. The smallest absolute Gasteiger partial charge is 0.0745 e. The van der Waals surface area contributed by atoms with E-state index in [0.717, 1.165) is 25.5 Å². The van der Waals surface area contributed by atoms with Gasteiger partial charge in [0.25, 0.3) is 0 Å². The van der Waals surface area contributed by atoms with E-state index < -0.39 is 0 Å². The Morgan fingerprint density at radius 2 is 2.06 bits per heavy atom. The fraction of sp³-hybridized carbons (Fsp3) is 0.625. The SMILES string of the molecule is CC1(C)C[C@@H]([C@@H](CC[NH3+])c2ccccc2)CCO1. The zero-order chi connectivity index (χ0) is 13.0. The van der Waals surface area contributed by atoms with Crippen LogP contribution in [-0.2, 0) is 4.74 Å². The van der Waals surface area contributed by atoms with Gasteiger partial charge in [0.05, 0.1) is 12.1 Å². The van der Waals surface area contributed by atoms with E-state index in [2.05, 4.69) is 49.9 Å². The van der Waals surface area contributed by atoms with Crippen LogP contribution in [0.3, 0.4) is 0 Å². The predicted octanol–water partition coefficient (Wildman–Crippen LogP) is 2.61. The Hall–Kier alpha value is -0.860. The number of benzene rings is 1. The van der Waals surface area contributed by atoms with E-state index in [4.69, 9.17) is 4.74 Å². The van der Waals surface area contributed by atoms with E-state index in [1.807, 2.05) is 0 Å². The number of rotatable bonds is 4. The van der Waals surface area contributed by atoms with Gasteiger partial charge in [0, 0.05) is 13.0 Å². The molecule has 0 aliphatic carbocycles. The maximum absolute atomic E-state index is 5.84. The maximum atomic E-state index is 5.84.